The molecule has 4 nitrogen and oxygen atoms in total. The van der Waals surface area contributed by atoms with Gasteiger partial charge in [0, 0.05) is 6.20 Å². The molecule has 2 heterocycles. The molecule has 0 bridgehead atoms. The van der Waals surface area contributed by atoms with E-state index in [4.69, 9.17) is 23.2 Å². The van der Waals surface area contributed by atoms with Crippen molar-refractivity contribution in [2.24, 2.45) is 0 Å². The highest BCUT2D eigenvalue weighted by Gasteiger charge is 2.36. The first kappa shape index (κ1) is 14.0. The van der Waals surface area contributed by atoms with Crippen LogP contribution in [-0.4, -0.2) is 16.7 Å². The van der Waals surface area contributed by atoms with Gasteiger partial charge in [-0.1, -0.05) is 29.3 Å². The lowest BCUT2D eigenvalue weighted by molar-refractivity contribution is -0.114. The predicted octanol–water partition coefficient (Wildman–Crippen LogP) is 3.26. The first-order valence-electron chi connectivity index (χ1n) is 5.93. The fourth-order valence-corrected chi connectivity index (χ4v) is 2.40. The SMILES string of the molecule is O=C1C(=O)N(Cc2ccc(Cl)nc2)c2cc(F)c(Cl)cc21. The summed E-state index contributed by atoms with van der Waals surface area (Å²) in [5.74, 6) is -2.10. The monoisotopic (exact) mass is 324 g/mol. The summed E-state index contributed by atoms with van der Waals surface area (Å²) >= 11 is 11.3. The Bertz CT molecular complexity index is 762. The number of ketones is 1. The van der Waals surface area contributed by atoms with Crippen LogP contribution in [0.4, 0.5) is 10.1 Å². The van der Waals surface area contributed by atoms with Gasteiger partial charge >= 0.3 is 0 Å². The zero-order valence-corrected chi connectivity index (χ0v) is 12.0. The first-order chi connectivity index (χ1) is 9.97. The molecular formula is C14H7Cl2FN2O2. The molecular weight excluding hydrogens is 318 g/mol. The number of benzene rings is 1. The lowest BCUT2D eigenvalue weighted by Gasteiger charge is -2.16. The van der Waals surface area contributed by atoms with Crippen LogP contribution < -0.4 is 4.90 Å². The van der Waals surface area contributed by atoms with Gasteiger partial charge in [0.15, 0.2) is 0 Å². The highest BCUT2D eigenvalue weighted by Crippen LogP contribution is 2.34. The van der Waals surface area contributed by atoms with E-state index in [1.54, 1.807) is 12.1 Å². The Labute approximate surface area is 129 Å². The van der Waals surface area contributed by atoms with Crippen LogP contribution in [0.2, 0.25) is 10.2 Å². The minimum atomic E-state index is -0.721. The van der Waals surface area contributed by atoms with Crippen molar-refractivity contribution in [2.45, 2.75) is 6.54 Å². The quantitative estimate of drug-likeness (QED) is 0.629. The number of aromatic nitrogens is 1. The first-order valence-corrected chi connectivity index (χ1v) is 6.68. The van der Waals surface area contributed by atoms with Crippen LogP contribution in [0.3, 0.4) is 0 Å². The zero-order chi connectivity index (χ0) is 15.1. The van der Waals surface area contributed by atoms with Crippen molar-refractivity contribution in [3.8, 4) is 0 Å². The highest BCUT2D eigenvalue weighted by atomic mass is 35.5. The largest absolute Gasteiger partial charge is 0.300 e. The summed E-state index contributed by atoms with van der Waals surface area (Å²) in [7, 11) is 0. The van der Waals surface area contributed by atoms with Crippen molar-refractivity contribution in [3.63, 3.8) is 0 Å². The van der Waals surface area contributed by atoms with Gasteiger partial charge in [-0.05, 0) is 23.8 Å². The normalized spacial score (nSPS) is 13.8. The molecule has 7 heteroatoms. The maximum Gasteiger partial charge on any atom is 0.299 e. The molecule has 0 fully saturated rings. The summed E-state index contributed by atoms with van der Waals surface area (Å²) < 4.78 is 13.6. The Balaban J connectivity index is 2.01. The van der Waals surface area contributed by atoms with Gasteiger partial charge in [-0.3, -0.25) is 9.59 Å². The smallest absolute Gasteiger partial charge is 0.299 e. The molecule has 3 rings (SSSR count). The predicted molar refractivity (Wildman–Crippen MR) is 76.2 cm³/mol. The average molecular weight is 325 g/mol. The average Bonchev–Trinajstić information content (AvgIpc) is 2.67. The van der Waals surface area contributed by atoms with Crippen molar-refractivity contribution in [1.82, 2.24) is 4.98 Å². The fraction of sp³-hybridized carbons (Fsp3) is 0.0714. The highest BCUT2D eigenvalue weighted by molar-refractivity contribution is 6.52. The molecule has 0 saturated carbocycles. The van der Waals surface area contributed by atoms with E-state index in [-0.39, 0.29) is 22.8 Å². The van der Waals surface area contributed by atoms with E-state index in [9.17, 15) is 14.0 Å². The molecule has 21 heavy (non-hydrogen) atoms. The Kier molecular flexibility index (Phi) is 3.39. The van der Waals surface area contributed by atoms with Crippen LogP contribution in [0, 0.1) is 5.82 Å². The molecule has 1 amide bonds. The lowest BCUT2D eigenvalue weighted by Crippen LogP contribution is -2.29. The van der Waals surface area contributed by atoms with E-state index in [0.717, 1.165) is 6.07 Å². The van der Waals surface area contributed by atoms with E-state index in [1.807, 2.05) is 0 Å². The standard InChI is InChI=1S/C14H7Cl2FN2O2/c15-9-3-8-11(4-10(9)17)19(14(21)13(8)20)6-7-1-2-12(16)18-5-7/h1-5H,6H2. The Morgan fingerprint density at radius 3 is 2.62 bits per heavy atom. The van der Waals surface area contributed by atoms with Crippen LogP contribution in [0.25, 0.3) is 0 Å². The molecule has 1 aromatic carbocycles. The lowest BCUT2D eigenvalue weighted by atomic mass is 10.1. The minimum Gasteiger partial charge on any atom is -0.300 e. The van der Waals surface area contributed by atoms with Gasteiger partial charge in [-0.25, -0.2) is 9.37 Å². The number of hydrogen-bond donors (Lipinski definition) is 0. The van der Waals surface area contributed by atoms with Crippen molar-refractivity contribution in [2.75, 3.05) is 4.90 Å². The number of rotatable bonds is 2. The molecule has 0 saturated heterocycles. The Hall–Kier alpha value is -1.98. The molecule has 1 aromatic heterocycles. The maximum atomic E-state index is 13.6. The third-order valence-electron chi connectivity index (χ3n) is 3.14. The van der Waals surface area contributed by atoms with E-state index < -0.39 is 17.5 Å². The number of fused-ring (bicyclic) bond motifs is 1. The number of pyridine rings is 1. The van der Waals surface area contributed by atoms with Gasteiger partial charge in [0.25, 0.3) is 11.7 Å². The van der Waals surface area contributed by atoms with Crippen molar-refractivity contribution in [1.29, 1.82) is 0 Å². The Morgan fingerprint density at radius 1 is 1.19 bits per heavy atom. The van der Waals surface area contributed by atoms with Crippen molar-refractivity contribution < 1.29 is 14.0 Å². The summed E-state index contributed by atoms with van der Waals surface area (Å²) in [5, 5.41) is 0.130. The Morgan fingerprint density at radius 2 is 1.95 bits per heavy atom. The van der Waals surface area contributed by atoms with Gasteiger partial charge < -0.3 is 4.90 Å². The molecule has 1 aliphatic rings. The van der Waals surface area contributed by atoms with Gasteiger partial charge in [-0.15, -0.1) is 0 Å². The minimum absolute atomic E-state index is 0.100. The van der Waals surface area contributed by atoms with Gasteiger partial charge in [-0.2, -0.15) is 0 Å². The number of carbonyl (C=O) groups is 2. The van der Waals surface area contributed by atoms with Crippen molar-refractivity contribution in [3.05, 3.63) is 57.6 Å². The van der Waals surface area contributed by atoms with Gasteiger partial charge in [0.05, 0.1) is 22.8 Å². The van der Waals surface area contributed by atoms with Gasteiger partial charge in [0.2, 0.25) is 0 Å². The molecule has 0 atom stereocenters. The topological polar surface area (TPSA) is 50.3 Å². The summed E-state index contributed by atoms with van der Waals surface area (Å²) in [4.78, 5) is 29.0. The summed E-state index contributed by atoms with van der Waals surface area (Å²) in [6.45, 7) is 0.100. The van der Waals surface area contributed by atoms with Crippen LogP contribution in [0.1, 0.15) is 15.9 Å². The third-order valence-corrected chi connectivity index (χ3v) is 3.66. The third kappa shape index (κ3) is 2.39. The van der Waals surface area contributed by atoms with Crippen molar-refractivity contribution >= 4 is 40.6 Å². The molecule has 2 aromatic rings. The molecule has 0 unspecified atom stereocenters. The van der Waals surface area contributed by atoms with E-state index in [0.29, 0.717) is 10.7 Å². The van der Waals surface area contributed by atoms with Crippen LogP contribution in [-0.2, 0) is 11.3 Å². The number of Topliss-reactive ketones (excluding diaryl/α,β-unsaturated/α-hetero) is 1. The number of amides is 1. The fourth-order valence-electron chi connectivity index (χ4n) is 2.13. The summed E-state index contributed by atoms with van der Waals surface area (Å²) in [6, 6.07) is 5.51. The summed E-state index contributed by atoms with van der Waals surface area (Å²) in [6.07, 6.45) is 1.49. The molecule has 0 N–H and O–H groups in total. The number of nitrogens with zero attached hydrogens (tertiary/aromatic N) is 2. The second-order valence-corrected chi connectivity index (χ2v) is 5.29. The molecule has 0 radical (unpaired) electrons. The number of halogens is 3. The molecule has 0 spiro atoms. The second kappa shape index (κ2) is 5.09. The van der Waals surface area contributed by atoms with Crippen LogP contribution >= 0.6 is 23.2 Å². The number of anilines is 1. The molecule has 1 aliphatic heterocycles. The van der Waals surface area contributed by atoms with Crippen LogP contribution in [0.15, 0.2) is 30.5 Å². The molecule has 0 aliphatic carbocycles. The van der Waals surface area contributed by atoms with E-state index in [1.165, 1.54) is 17.2 Å². The molecule has 106 valence electrons. The van der Waals surface area contributed by atoms with E-state index >= 15 is 0 Å². The number of carbonyl (C=O) groups excluding carboxylic acids is 2. The number of hydrogen-bond acceptors (Lipinski definition) is 3. The van der Waals surface area contributed by atoms with E-state index in [2.05, 4.69) is 4.98 Å². The van der Waals surface area contributed by atoms with Gasteiger partial charge in [0.1, 0.15) is 11.0 Å². The maximum absolute atomic E-state index is 13.6. The summed E-state index contributed by atoms with van der Waals surface area (Å²) in [5.41, 5.74) is 0.985. The zero-order valence-electron chi connectivity index (χ0n) is 10.4. The second-order valence-electron chi connectivity index (χ2n) is 4.49. The van der Waals surface area contributed by atoms with Crippen LogP contribution in [0.5, 0.6) is 0 Å².